The fourth-order valence-electron chi connectivity index (χ4n) is 4.46. The third-order valence-electron chi connectivity index (χ3n) is 6.47. The summed E-state index contributed by atoms with van der Waals surface area (Å²) in [6.07, 6.45) is 4.45. The Balaban J connectivity index is 1.30. The van der Waals surface area contributed by atoms with E-state index < -0.39 is 5.91 Å². The van der Waals surface area contributed by atoms with Crippen molar-refractivity contribution in [1.29, 1.82) is 0 Å². The minimum Gasteiger partial charge on any atom is -0.454 e. The predicted octanol–water partition coefficient (Wildman–Crippen LogP) is 2.95. The zero-order valence-electron chi connectivity index (χ0n) is 19.5. The van der Waals surface area contributed by atoms with Crippen molar-refractivity contribution in [2.45, 2.75) is 48.7 Å². The van der Waals surface area contributed by atoms with Gasteiger partial charge in [0, 0.05) is 41.8 Å². The number of hydrogen-bond acceptors (Lipinski definition) is 9. The number of aryl methyl sites for hydroxylation is 1. The number of carbonyl (C=O) groups excluding carboxylic acids is 2. The molecular formula is C23H26BrN7O4S. The number of fused-ring (bicyclic) bond motifs is 2. The van der Waals surface area contributed by atoms with E-state index >= 15 is 0 Å². The molecule has 0 atom stereocenters. The lowest BCUT2D eigenvalue weighted by molar-refractivity contribution is -0.134. The van der Waals surface area contributed by atoms with Gasteiger partial charge in [0.05, 0.1) is 0 Å². The number of benzene rings is 1. The molecule has 0 aliphatic carbocycles. The Morgan fingerprint density at radius 2 is 1.89 bits per heavy atom. The number of halogens is 1. The van der Waals surface area contributed by atoms with Crippen LogP contribution in [0.2, 0.25) is 0 Å². The average molecular weight is 576 g/mol. The Labute approximate surface area is 220 Å². The van der Waals surface area contributed by atoms with Gasteiger partial charge in [-0.1, -0.05) is 11.8 Å². The van der Waals surface area contributed by atoms with Crippen molar-refractivity contribution in [3.63, 3.8) is 0 Å². The van der Waals surface area contributed by atoms with Gasteiger partial charge in [0.2, 0.25) is 18.6 Å². The molecule has 3 aromatic rings. The van der Waals surface area contributed by atoms with Crippen LogP contribution in [0.5, 0.6) is 11.5 Å². The number of carbonyl (C=O) groups is 2. The van der Waals surface area contributed by atoms with Crippen LogP contribution in [0.25, 0.3) is 11.2 Å². The third-order valence-corrected chi connectivity index (χ3v) is 8.44. The average Bonchev–Trinajstić information content (AvgIpc) is 3.46. The lowest BCUT2D eigenvalue weighted by atomic mass is 9.93. The van der Waals surface area contributed by atoms with E-state index in [0.29, 0.717) is 54.0 Å². The molecule has 2 amide bonds. The van der Waals surface area contributed by atoms with Crippen LogP contribution in [0.4, 0.5) is 5.82 Å². The van der Waals surface area contributed by atoms with Crippen LogP contribution in [0.1, 0.15) is 32.1 Å². The van der Waals surface area contributed by atoms with Crippen molar-refractivity contribution in [3.8, 4) is 11.5 Å². The minimum atomic E-state index is -0.448. The standard InChI is InChI=1S/C23H26BrN7O4S/c24-14-9-15-16(35-12-34-15)10-17(14)36-23-29-20-21(26)27-11-28-22(20)31(23)8-5-13-3-6-30(7-4-13)19(33)2-1-18(25)32/h9-11,13H,1-8,12H2,(H2,25,32)(H2,26,27,28). The van der Waals surface area contributed by atoms with Gasteiger partial charge in [0.15, 0.2) is 33.6 Å². The Morgan fingerprint density at radius 1 is 1.14 bits per heavy atom. The summed E-state index contributed by atoms with van der Waals surface area (Å²) < 4.78 is 14.0. The van der Waals surface area contributed by atoms with E-state index in [4.69, 9.17) is 25.9 Å². The molecule has 1 fully saturated rings. The number of nitrogens with two attached hydrogens (primary N) is 2. The molecule has 1 aromatic carbocycles. The number of anilines is 1. The summed E-state index contributed by atoms with van der Waals surface area (Å²) in [6, 6.07) is 3.82. The van der Waals surface area contributed by atoms with Crippen molar-refractivity contribution < 1.29 is 19.1 Å². The number of piperidine rings is 1. The smallest absolute Gasteiger partial charge is 0.231 e. The third kappa shape index (κ3) is 5.21. The van der Waals surface area contributed by atoms with Gasteiger partial charge in [0.25, 0.3) is 0 Å². The highest BCUT2D eigenvalue weighted by Crippen LogP contribution is 2.43. The number of ether oxygens (including phenoxy) is 2. The van der Waals surface area contributed by atoms with Gasteiger partial charge >= 0.3 is 0 Å². The predicted molar refractivity (Wildman–Crippen MR) is 136 cm³/mol. The molecule has 4 N–H and O–H groups in total. The number of likely N-dealkylation sites (tertiary alicyclic amines) is 1. The summed E-state index contributed by atoms with van der Waals surface area (Å²) >= 11 is 5.12. The first-order chi connectivity index (χ1) is 17.4. The molecule has 2 aromatic heterocycles. The molecule has 5 rings (SSSR count). The Bertz CT molecular complexity index is 1310. The Morgan fingerprint density at radius 3 is 2.64 bits per heavy atom. The molecule has 2 aliphatic rings. The molecule has 13 heteroatoms. The lowest BCUT2D eigenvalue weighted by Crippen LogP contribution is -2.39. The molecule has 0 spiro atoms. The van der Waals surface area contributed by atoms with Crippen LogP contribution < -0.4 is 20.9 Å². The fraction of sp³-hybridized carbons (Fsp3) is 0.435. The lowest BCUT2D eigenvalue weighted by Gasteiger charge is -2.32. The molecular weight excluding hydrogens is 550 g/mol. The number of hydrogen-bond donors (Lipinski definition) is 2. The number of amides is 2. The van der Waals surface area contributed by atoms with Crippen LogP contribution in [0, 0.1) is 5.92 Å². The van der Waals surface area contributed by atoms with Crippen LogP contribution in [0.15, 0.2) is 33.0 Å². The van der Waals surface area contributed by atoms with Crippen molar-refractivity contribution in [2.24, 2.45) is 11.7 Å². The van der Waals surface area contributed by atoms with Gasteiger partial charge in [-0.25, -0.2) is 15.0 Å². The van der Waals surface area contributed by atoms with Crippen LogP contribution >= 0.6 is 27.7 Å². The van der Waals surface area contributed by atoms with Crippen molar-refractivity contribution >= 4 is 56.5 Å². The quantitative estimate of drug-likeness (QED) is 0.412. The Kier molecular flexibility index (Phi) is 7.19. The number of nitrogens with zero attached hydrogens (tertiary/aromatic N) is 5. The number of aromatic nitrogens is 4. The molecule has 0 unspecified atom stereocenters. The number of primary amides is 1. The van der Waals surface area contributed by atoms with Crippen LogP contribution in [-0.2, 0) is 16.1 Å². The van der Waals surface area contributed by atoms with E-state index in [0.717, 1.165) is 33.8 Å². The molecule has 36 heavy (non-hydrogen) atoms. The first-order valence-corrected chi connectivity index (χ1v) is 13.3. The number of imidazole rings is 1. The zero-order valence-corrected chi connectivity index (χ0v) is 21.9. The second-order valence-electron chi connectivity index (χ2n) is 8.79. The van der Waals surface area contributed by atoms with Crippen molar-refractivity contribution in [3.05, 3.63) is 22.9 Å². The monoisotopic (exact) mass is 575 g/mol. The van der Waals surface area contributed by atoms with E-state index in [1.54, 1.807) is 0 Å². The fourth-order valence-corrected chi connectivity index (χ4v) is 5.97. The van der Waals surface area contributed by atoms with E-state index in [1.165, 1.54) is 18.1 Å². The summed E-state index contributed by atoms with van der Waals surface area (Å²) in [5.74, 6) is 1.74. The topological polar surface area (TPSA) is 151 Å². The zero-order chi connectivity index (χ0) is 25.2. The largest absolute Gasteiger partial charge is 0.454 e. The molecule has 1 saturated heterocycles. The number of rotatable bonds is 8. The van der Waals surface area contributed by atoms with E-state index in [-0.39, 0.29) is 25.5 Å². The highest BCUT2D eigenvalue weighted by molar-refractivity contribution is 9.10. The molecule has 0 radical (unpaired) electrons. The Hall–Kier alpha value is -3.06. The maximum absolute atomic E-state index is 12.3. The summed E-state index contributed by atoms with van der Waals surface area (Å²) in [5, 5.41) is 0.760. The highest BCUT2D eigenvalue weighted by atomic mass is 79.9. The molecule has 11 nitrogen and oxygen atoms in total. The van der Waals surface area contributed by atoms with E-state index in [2.05, 4.69) is 30.5 Å². The van der Waals surface area contributed by atoms with Crippen LogP contribution in [-0.4, -0.2) is 56.1 Å². The maximum atomic E-state index is 12.3. The highest BCUT2D eigenvalue weighted by Gasteiger charge is 2.25. The second-order valence-corrected chi connectivity index (χ2v) is 10.7. The molecule has 2 aliphatic heterocycles. The summed E-state index contributed by atoms with van der Waals surface area (Å²) in [6.45, 7) is 2.29. The molecule has 4 heterocycles. The van der Waals surface area contributed by atoms with Gasteiger partial charge in [0.1, 0.15) is 6.33 Å². The first kappa shape index (κ1) is 24.6. The van der Waals surface area contributed by atoms with E-state index in [1.807, 2.05) is 17.0 Å². The SMILES string of the molecule is NC(=O)CCC(=O)N1CCC(CCn2c(Sc3cc4c(cc3Br)OCO4)nc3c(N)ncnc32)CC1. The van der Waals surface area contributed by atoms with Crippen molar-refractivity contribution in [1.82, 2.24) is 24.4 Å². The van der Waals surface area contributed by atoms with Gasteiger partial charge in [-0.3, -0.25) is 9.59 Å². The normalized spacial score (nSPS) is 15.5. The van der Waals surface area contributed by atoms with Gasteiger partial charge in [-0.05, 0) is 53.2 Å². The summed E-state index contributed by atoms with van der Waals surface area (Å²) in [4.78, 5) is 39.4. The van der Waals surface area contributed by atoms with Crippen LogP contribution in [0.3, 0.4) is 0 Å². The maximum Gasteiger partial charge on any atom is 0.231 e. The molecule has 190 valence electrons. The summed E-state index contributed by atoms with van der Waals surface area (Å²) in [7, 11) is 0. The van der Waals surface area contributed by atoms with Gasteiger partial charge in [-0.2, -0.15) is 0 Å². The van der Waals surface area contributed by atoms with E-state index in [9.17, 15) is 9.59 Å². The molecule has 0 bridgehead atoms. The second kappa shape index (κ2) is 10.5. The van der Waals surface area contributed by atoms with Gasteiger partial charge < -0.3 is 30.4 Å². The first-order valence-electron chi connectivity index (χ1n) is 11.7. The van der Waals surface area contributed by atoms with Gasteiger partial charge in [-0.15, -0.1) is 0 Å². The molecule has 0 saturated carbocycles. The summed E-state index contributed by atoms with van der Waals surface area (Å²) in [5.41, 5.74) is 12.6. The minimum absolute atomic E-state index is 0.00646. The number of nitrogen functional groups attached to an aromatic ring is 1. The van der Waals surface area contributed by atoms with Crippen molar-refractivity contribution in [2.75, 3.05) is 25.6 Å².